The van der Waals surface area contributed by atoms with Gasteiger partial charge in [0.15, 0.2) is 4.80 Å². The molecule has 0 radical (unpaired) electrons. The Balaban J connectivity index is 1.66. The molecule has 0 unspecified atom stereocenters. The van der Waals surface area contributed by atoms with Crippen LogP contribution in [-0.2, 0) is 16.1 Å². The van der Waals surface area contributed by atoms with E-state index in [4.69, 9.17) is 4.74 Å². The fourth-order valence-electron chi connectivity index (χ4n) is 3.56. The summed E-state index contributed by atoms with van der Waals surface area (Å²) in [5.74, 6) is -1.21. The summed E-state index contributed by atoms with van der Waals surface area (Å²) < 4.78 is 7.77. The number of aryl methyl sites for hydroxylation is 1. The molecule has 0 bridgehead atoms. The van der Waals surface area contributed by atoms with Crippen LogP contribution >= 0.6 is 23.1 Å². The number of thioether (sulfide) groups is 1. The van der Waals surface area contributed by atoms with E-state index in [0.29, 0.717) is 28.0 Å². The van der Waals surface area contributed by atoms with Crippen LogP contribution in [0.15, 0.2) is 47.5 Å². The minimum atomic E-state index is -0.598. The summed E-state index contributed by atoms with van der Waals surface area (Å²) in [6.45, 7) is 2.20. The standard InChI is InChI=1S/C23H21N3O5S2/c1-3-31-22(30)14-8-9-17-18(12-14)33-23(25(17)10-11-32-2)24-19(27)13-26-20(28)15-6-4-5-7-16(15)21(26)29/h4-9,12H,3,10-11,13H2,1-2H3. The maximum atomic E-state index is 12.8. The van der Waals surface area contributed by atoms with Crippen molar-refractivity contribution in [2.24, 2.45) is 4.99 Å². The van der Waals surface area contributed by atoms with Crippen molar-refractivity contribution in [1.82, 2.24) is 9.47 Å². The lowest BCUT2D eigenvalue weighted by atomic mass is 10.1. The molecule has 1 aliphatic rings. The molecule has 2 heterocycles. The molecule has 0 fully saturated rings. The minimum Gasteiger partial charge on any atom is -0.462 e. The van der Waals surface area contributed by atoms with Gasteiger partial charge in [0.25, 0.3) is 17.7 Å². The number of carbonyl (C=O) groups is 4. The second kappa shape index (κ2) is 9.72. The third kappa shape index (κ3) is 4.49. The van der Waals surface area contributed by atoms with Crippen LogP contribution in [-0.4, -0.2) is 58.3 Å². The lowest BCUT2D eigenvalue weighted by Gasteiger charge is -2.10. The van der Waals surface area contributed by atoms with Crippen molar-refractivity contribution in [1.29, 1.82) is 0 Å². The topological polar surface area (TPSA) is 98.0 Å². The summed E-state index contributed by atoms with van der Waals surface area (Å²) in [4.78, 5) is 55.6. The highest BCUT2D eigenvalue weighted by Crippen LogP contribution is 2.23. The van der Waals surface area contributed by atoms with E-state index in [1.807, 2.05) is 16.9 Å². The molecule has 0 saturated heterocycles. The lowest BCUT2D eigenvalue weighted by molar-refractivity contribution is -0.118. The van der Waals surface area contributed by atoms with E-state index in [1.54, 1.807) is 55.1 Å². The van der Waals surface area contributed by atoms with Gasteiger partial charge in [0.2, 0.25) is 0 Å². The highest BCUT2D eigenvalue weighted by Gasteiger charge is 2.36. The maximum absolute atomic E-state index is 12.8. The largest absolute Gasteiger partial charge is 0.462 e. The SMILES string of the molecule is CCOC(=O)c1ccc2c(c1)sc(=NC(=O)CN1C(=O)c3ccccc3C1=O)n2CCSC. The first-order chi connectivity index (χ1) is 15.9. The molecule has 3 aromatic rings. The number of aromatic nitrogens is 1. The third-order valence-corrected chi connectivity index (χ3v) is 6.74. The Morgan fingerprint density at radius 2 is 1.79 bits per heavy atom. The second-order valence-electron chi connectivity index (χ2n) is 7.18. The molecule has 2 aromatic carbocycles. The van der Waals surface area contributed by atoms with Gasteiger partial charge in [0, 0.05) is 12.3 Å². The van der Waals surface area contributed by atoms with E-state index < -0.39 is 30.2 Å². The van der Waals surface area contributed by atoms with Gasteiger partial charge in [0.1, 0.15) is 6.54 Å². The summed E-state index contributed by atoms with van der Waals surface area (Å²) in [7, 11) is 0. The first kappa shape index (κ1) is 22.9. The molecule has 8 nitrogen and oxygen atoms in total. The van der Waals surface area contributed by atoms with E-state index in [9.17, 15) is 19.2 Å². The van der Waals surface area contributed by atoms with E-state index in [-0.39, 0.29) is 6.61 Å². The molecule has 0 N–H and O–H groups in total. The average Bonchev–Trinajstić information content (AvgIpc) is 3.27. The van der Waals surface area contributed by atoms with Crippen LogP contribution in [0.3, 0.4) is 0 Å². The zero-order chi connectivity index (χ0) is 23.5. The Kier molecular flexibility index (Phi) is 6.75. The molecule has 1 aromatic heterocycles. The fraction of sp³-hybridized carbons (Fsp3) is 0.261. The van der Waals surface area contributed by atoms with E-state index in [2.05, 4.69) is 4.99 Å². The Hall–Kier alpha value is -3.24. The maximum Gasteiger partial charge on any atom is 0.338 e. The zero-order valence-corrected chi connectivity index (χ0v) is 19.7. The summed E-state index contributed by atoms with van der Waals surface area (Å²) in [6.07, 6.45) is 1.98. The van der Waals surface area contributed by atoms with Crippen molar-refractivity contribution in [2.75, 3.05) is 25.2 Å². The van der Waals surface area contributed by atoms with Gasteiger partial charge >= 0.3 is 5.97 Å². The fourth-order valence-corrected chi connectivity index (χ4v) is 5.04. The predicted molar refractivity (Wildman–Crippen MR) is 127 cm³/mol. The molecular formula is C23H21N3O5S2. The smallest absolute Gasteiger partial charge is 0.338 e. The number of fused-ring (bicyclic) bond motifs is 2. The van der Waals surface area contributed by atoms with Gasteiger partial charge < -0.3 is 9.30 Å². The molecule has 0 spiro atoms. The van der Waals surface area contributed by atoms with Crippen LogP contribution in [0.1, 0.15) is 38.0 Å². The Labute approximate surface area is 197 Å². The number of benzene rings is 2. The quantitative estimate of drug-likeness (QED) is 0.379. The highest BCUT2D eigenvalue weighted by molar-refractivity contribution is 7.98. The van der Waals surface area contributed by atoms with Gasteiger partial charge in [-0.05, 0) is 43.5 Å². The monoisotopic (exact) mass is 483 g/mol. The summed E-state index contributed by atoms with van der Waals surface area (Å²) in [6, 6.07) is 11.7. The molecule has 33 heavy (non-hydrogen) atoms. The predicted octanol–water partition coefficient (Wildman–Crippen LogP) is 2.97. The van der Waals surface area contributed by atoms with Crippen LogP contribution in [0.2, 0.25) is 0 Å². The number of esters is 1. The molecule has 1 aliphatic heterocycles. The van der Waals surface area contributed by atoms with Crippen LogP contribution in [0, 0.1) is 0 Å². The van der Waals surface area contributed by atoms with Crippen LogP contribution < -0.4 is 4.80 Å². The normalized spacial score (nSPS) is 13.6. The van der Waals surface area contributed by atoms with Crippen LogP contribution in [0.5, 0.6) is 0 Å². The highest BCUT2D eigenvalue weighted by atomic mass is 32.2. The molecular weight excluding hydrogens is 462 g/mol. The van der Waals surface area contributed by atoms with E-state index >= 15 is 0 Å². The number of ether oxygens (including phenoxy) is 1. The molecule has 170 valence electrons. The summed E-state index contributed by atoms with van der Waals surface area (Å²) in [5.41, 5.74) is 1.85. The van der Waals surface area contributed by atoms with Crippen molar-refractivity contribution in [3.8, 4) is 0 Å². The number of thiazole rings is 1. The lowest BCUT2D eigenvalue weighted by Crippen LogP contribution is -2.35. The van der Waals surface area contributed by atoms with Crippen molar-refractivity contribution in [3.63, 3.8) is 0 Å². The van der Waals surface area contributed by atoms with Crippen molar-refractivity contribution in [3.05, 3.63) is 64.0 Å². The number of imide groups is 1. The number of carbonyl (C=O) groups excluding carboxylic acids is 4. The molecule has 4 rings (SSSR count). The Bertz CT molecular complexity index is 1310. The number of hydrogen-bond donors (Lipinski definition) is 0. The van der Waals surface area contributed by atoms with Crippen molar-refractivity contribution < 1.29 is 23.9 Å². The number of nitrogens with zero attached hydrogens (tertiary/aromatic N) is 3. The van der Waals surface area contributed by atoms with Crippen LogP contribution in [0.25, 0.3) is 10.2 Å². The Morgan fingerprint density at radius 3 is 2.42 bits per heavy atom. The second-order valence-corrected chi connectivity index (χ2v) is 9.17. The summed E-state index contributed by atoms with van der Waals surface area (Å²) in [5, 5.41) is 0. The molecule has 0 aliphatic carbocycles. The van der Waals surface area contributed by atoms with Gasteiger partial charge in [-0.1, -0.05) is 23.5 Å². The minimum absolute atomic E-state index is 0.280. The summed E-state index contributed by atoms with van der Waals surface area (Å²) >= 11 is 2.93. The molecule has 0 saturated carbocycles. The van der Waals surface area contributed by atoms with Crippen molar-refractivity contribution >= 4 is 57.0 Å². The van der Waals surface area contributed by atoms with Crippen molar-refractivity contribution in [2.45, 2.75) is 13.5 Å². The first-order valence-electron chi connectivity index (χ1n) is 10.3. The zero-order valence-electron chi connectivity index (χ0n) is 18.1. The van der Waals surface area contributed by atoms with Gasteiger partial charge in [-0.2, -0.15) is 16.8 Å². The van der Waals surface area contributed by atoms with Gasteiger partial charge in [-0.3, -0.25) is 19.3 Å². The van der Waals surface area contributed by atoms with Gasteiger partial charge in [-0.25, -0.2) is 4.79 Å². The van der Waals surface area contributed by atoms with E-state index in [1.165, 1.54) is 11.3 Å². The van der Waals surface area contributed by atoms with E-state index in [0.717, 1.165) is 20.9 Å². The number of hydrogen-bond acceptors (Lipinski definition) is 7. The molecule has 3 amide bonds. The van der Waals surface area contributed by atoms with Crippen LogP contribution in [0.4, 0.5) is 0 Å². The number of rotatable bonds is 7. The molecule has 0 atom stereocenters. The Morgan fingerprint density at radius 1 is 1.09 bits per heavy atom. The molecule has 10 heteroatoms. The average molecular weight is 484 g/mol. The third-order valence-electron chi connectivity index (χ3n) is 5.10. The van der Waals surface area contributed by atoms with Gasteiger partial charge in [-0.15, -0.1) is 0 Å². The first-order valence-corrected chi connectivity index (χ1v) is 12.5. The van der Waals surface area contributed by atoms with Gasteiger partial charge in [0.05, 0.1) is 33.5 Å². The number of amides is 3.